The van der Waals surface area contributed by atoms with Crippen molar-refractivity contribution in [1.29, 1.82) is 0 Å². The van der Waals surface area contributed by atoms with Gasteiger partial charge in [0.1, 0.15) is 0 Å². The van der Waals surface area contributed by atoms with E-state index in [4.69, 9.17) is 5.11 Å². The minimum Gasteiger partial charge on any atom is -0.478 e. The van der Waals surface area contributed by atoms with E-state index >= 15 is 0 Å². The maximum absolute atomic E-state index is 10.8. The van der Waals surface area contributed by atoms with Gasteiger partial charge in [0.15, 0.2) is 0 Å². The van der Waals surface area contributed by atoms with Gasteiger partial charge < -0.3 is 10.4 Å². The molecule has 0 saturated heterocycles. The Balaban J connectivity index is 2.24. The second kappa shape index (κ2) is 5.68. The molecule has 0 fully saturated rings. The van der Waals surface area contributed by atoms with E-state index in [2.05, 4.69) is 15.3 Å². The van der Waals surface area contributed by atoms with Crippen molar-refractivity contribution < 1.29 is 9.90 Å². The van der Waals surface area contributed by atoms with Crippen molar-refractivity contribution in [2.75, 3.05) is 23.9 Å². The molecule has 0 aliphatic carbocycles. The van der Waals surface area contributed by atoms with E-state index in [1.807, 2.05) is 6.26 Å². The molecule has 0 aliphatic rings. The Morgan fingerprint density at radius 1 is 1.50 bits per heavy atom. The number of thioether (sulfide) groups is 1. The second-order valence-electron chi connectivity index (χ2n) is 3.69. The fourth-order valence-corrected chi connectivity index (χ4v) is 1.82. The van der Waals surface area contributed by atoms with Gasteiger partial charge in [-0.05, 0) is 24.5 Å². The standard InChI is InChI=1S/C12H13N3O2S/c1-18-5-4-13-12-14-7-9-6-8(11(16)17)2-3-10(9)15-12/h2-3,6-7H,4-5H2,1H3,(H,16,17)(H,13,14,15). The van der Waals surface area contributed by atoms with Crippen molar-refractivity contribution in [3.63, 3.8) is 0 Å². The number of nitrogens with zero attached hydrogens (tertiary/aromatic N) is 2. The zero-order chi connectivity index (χ0) is 13.0. The summed E-state index contributed by atoms with van der Waals surface area (Å²) in [7, 11) is 0. The normalized spacial score (nSPS) is 10.5. The summed E-state index contributed by atoms with van der Waals surface area (Å²) < 4.78 is 0. The van der Waals surface area contributed by atoms with Crippen LogP contribution in [0.2, 0.25) is 0 Å². The monoisotopic (exact) mass is 263 g/mol. The lowest BCUT2D eigenvalue weighted by atomic mass is 10.1. The van der Waals surface area contributed by atoms with E-state index in [1.165, 1.54) is 0 Å². The number of carboxylic acid groups (broad SMARTS) is 1. The minimum atomic E-state index is -0.945. The van der Waals surface area contributed by atoms with Crippen LogP contribution in [0.5, 0.6) is 0 Å². The fraction of sp³-hybridized carbons (Fsp3) is 0.250. The first-order chi connectivity index (χ1) is 8.70. The molecule has 1 aromatic heterocycles. The lowest BCUT2D eigenvalue weighted by Crippen LogP contribution is -2.07. The molecule has 0 bridgehead atoms. The quantitative estimate of drug-likeness (QED) is 0.805. The van der Waals surface area contributed by atoms with Crippen LogP contribution in [-0.4, -0.2) is 39.6 Å². The molecular formula is C12H13N3O2S. The first-order valence-electron chi connectivity index (χ1n) is 5.43. The van der Waals surface area contributed by atoms with Crippen LogP contribution in [0.25, 0.3) is 10.9 Å². The highest BCUT2D eigenvalue weighted by Crippen LogP contribution is 2.15. The van der Waals surface area contributed by atoms with Crippen LogP contribution < -0.4 is 5.32 Å². The van der Waals surface area contributed by atoms with E-state index < -0.39 is 5.97 Å². The molecule has 0 saturated carbocycles. The summed E-state index contributed by atoms with van der Waals surface area (Å²) in [5.74, 6) is 0.609. The third-order valence-electron chi connectivity index (χ3n) is 2.42. The Kier molecular flexibility index (Phi) is 3.99. The Morgan fingerprint density at radius 3 is 3.06 bits per heavy atom. The first kappa shape index (κ1) is 12.6. The van der Waals surface area contributed by atoms with Gasteiger partial charge in [-0.2, -0.15) is 11.8 Å². The Labute approximate surface area is 109 Å². The van der Waals surface area contributed by atoms with E-state index in [1.54, 1.807) is 36.2 Å². The molecule has 2 rings (SSSR count). The number of carbonyl (C=O) groups is 1. The maximum Gasteiger partial charge on any atom is 0.335 e. The van der Waals surface area contributed by atoms with Crippen LogP contribution in [-0.2, 0) is 0 Å². The maximum atomic E-state index is 10.8. The summed E-state index contributed by atoms with van der Waals surface area (Å²) in [6, 6.07) is 4.81. The molecule has 0 amide bonds. The number of rotatable bonds is 5. The number of anilines is 1. The average molecular weight is 263 g/mol. The van der Waals surface area contributed by atoms with E-state index in [9.17, 15) is 4.79 Å². The third-order valence-corrected chi connectivity index (χ3v) is 3.03. The largest absolute Gasteiger partial charge is 0.478 e. The molecule has 2 N–H and O–H groups in total. The van der Waals surface area contributed by atoms with Crippen LogP contribution >= 0.6 is 11.8 Å². The zero-order valence-corrected chi connectivity index (χ0v) is 10.7. The van der Waals surface area contributed by atoms with Crippen LogP contribution in [0.1, 0.15) is 10.4 Å². The van der Waals surface area contributed by atoms with Crippen LogP contribution in [0.4, 0.5) is 5.95 Å². The Hall–Kier alpha value is -1.82. The highest BCUT2D eigenvalue weighted by Gasteiger charge is 2.05. The van der Waals surface area contributed by atoms with Crippen molar-refractivity contribution >= 4 is 34.6 Å². The zero-order valence-electron chi connectivity index (χ0n) is 9.88. The molecule has 2 aromatic rings. The third kappa shape index (κ3) is 2.89. The number of benzene rings is 1. The molecule has 1 heterocycles. The first-order valence-corrected chi connectivity index (χ1v) is 6.83. The van der Waals surface area contributed by atoms with Crippen molar-refractivity contribution in [2.45, 2.75) is 0 Å². The summed E-state index contributed by atoms with van der Waals surface area (Å²) in [5, 5.41) is 12.7. The van der Waals surface area contributed by atoms with Crippen molar-refractivity contribution in [2.24, 2.45) is 0 Å². The van der Waals surface area contributed by atoms with Gasteiger partial charge in [0.25, 0.3) is 0 Å². The number of nitrogens with one attached hydrogen (secondary N) is 1. The predicted octanol–water partition coefficient (Wildman–Crippen LogP) is 2.10. The van der Waals surface area contributed by atoms with Gasteiger partial charge in [-0.1, -0.05) is 0 Å². The van der Waals surface area contributed by atoms with Gasteiger partial charge >= 0.3 is 5.97 Å². The van der Waals surface area contributed by atoms with E-state index in [-0.39, 0.29) is 5.56 Å². The average Bonchev–Trinajstić information content (AvgIpc) is 2.38. The lowest BCUT2D eigenvalue weighted by Gasteiger charge is -2.05. The predicted molar refractivity (Wildman–Crippen MR) is 73.4 cm³/mol. The molecular weight excluding hydrogens is 250 g/mol. The smallest absolute Gasteiger partial charge is 0.335 e. The van der Waals surface area contributed by atoms with Gasteiger partial charge in [-0.25, -0.2) is 14.8 Å². The summed E-state index contributed by atoms with van der Waals surface area (Å²) in [5.41, 5.74) is 0.982. The SMILES string of the molecule is CSCCNc1ncc2cc(C(=O)O)ccc2n1. The fourth-order valence-electron chi connectivity index (χ4n) is 1.52. The van der Waals surface area contributed by atoms with E-state index in [0.29, 0.717) is 5.95 Å². The minimum absolute atomic E-state index is 0.245. The molecule has 0 radical (unpaired) electrons. The van der Waals surface area contributed by atoms with Gasteiger partial charge in [0.05, 0.1) is 11.1 Å². The molecule has 0 aliphatic heterocycles. The number of fused-ring (bicyclic) bond motifs is 1. The summed E-state index contributed by atoms with van der Waals surface area (Å²) in [4.78, 5) is 19.3. The Bertz CT molecular complexity index is 574. The van der Waals surface area contributed by atoms with Crippen LogP contribution in [0.15, 0.2) is 24.4 Å². The van der Waals surface area contributed by atoms with E-state index in [0.717, 1.165) is 23.2 Å². The number of carboxylic acids is 1. The van der Waals surface area contributed by atoms with Crippen molar-refractivity contribution in [3.8, 4) is 0 Å². The van der Waals surface area contributed by atoms with Gasteiger partial charge in [0.2, 0.25) is 5.95 Å². The molecule has 5 nitrogen and oxygen atoms in total. The topological polar surface area (TPSA) is 75.1 Å². The highest BCUT2D eigenvalue weighted by atomic mass is 32.2. The summed E-state index contributed by atoms with van der Waals surface area (Å²) >= 11 is 1.75. The Morgan fingerprint density at radius 2 is 2.33 bits per heavy atom. The van der Waals surface area contributed by atoms with Gasteiger partial charge in [0, 0.05) is 23.9 Å². The summed E-state index contributed by atoms with van der Waals surface area (Å²) in [6.45, 7) is 0.805. The van der Waals surface area contributed by atoms with Crippen molar-refractivity contribution in [1.82, 2.24) is 9.97 Å². The molecule has 6 heteroatoms. The van der Waals surface area contributed by atoms with Crippen molar-refractivity contribution in [3.05, 3.63) is 30.0 Å². The number of aromatic nitrogens is 2. The number of hydrogen-bond acceptors (Lipinski definition) is 5. The lowest BCUT2D eigenvalue weighted by molar-refractivity contribution is 0.0697. The molecule has 94 valence electrons. The number of aromatic carboxylic acids is 1. The second-order valence-corrected chi connectivity index (χ2v) is 4.68. The molecule has 0 atom stereocenters. The molecule has 18 heavy (non-hydrogen) atoms. The molecule has 0 unspecified atom stereocenters. The number of hydrogen-bond donors (Lipinski definition) is 2. The van der Waals surface area contributed by atoms with Gasteiger partial charge in [-0.15, -0.1) is 0 Å². The van der Waals surface area contributed by atoms with Crippen LogP contribution in [0, 0.1) is 0 Å². The van der Waals surface area contributed by atoms with Crippen LogP contribution in [0.3, 0.4) is 0 Å². The molecule has 0 spiro atoms. The summed E-state index contributed by atoms with van der Waals surface area (Å²) in [6.07, 6.45) is 3.67. The van der Waals surface area contributed by atoms with Gasteiger partial charge in [-0.3, -0.25) is 0 Å². The highest BCUT2D eigenvalue weighted by molar-refractivity contribution is 7.98. The molecule has 1 aromatic carbocycles.